The zero-order valence-corrected chi connectivity index (χ0v) is 21.2. The molecule has 0 saturated carbocycles. The van der Waals surface area contributed by atoms with Crippen molar-refractivity contribution in [2.75, 3.05) is 4.90 Å². The third-order valence-electron chi connectivity index (χ3n) is 6.01. The molecule has 2 aromatic rings. The standard InChI is InChI=1S/C30H43N/c1-10-13-22(4)19-25-20-23(5)29(24(6)21-25)31(27(12-3)14-11-2)28-17-15-26(16-18-28)30(7,8)9/h12,14-18,20-22H,3,10-11,13,19H2,1-2,4-9H3/b27-14+. The van der Waals surface area contributed by atoms with Crippen LogP contribution in [0, 0.1) is 19.8 Å². The van der Waals surface area contributed by atoms with Gasteiger partial charge < -0.3 is 4.90 Å². The Kier molecular flexibility index (Phi) is 8.74. The van der Waals surface area contributed by atoms with Crippen LogP contribution in [0.4, 0.5) is 11.4 Å². The second-order valence-corrected chi connectivity index (χ2v) is 10.0. The smallest absolute Gasteiger partial charge is 0.0520 e. The molecule has 0 spiro atoms. The topological polar surface area (TPSA) is 3.24 Å². The maximum Gasteiger partial charge on any atom is 0.0520 e. The fraction of sp³-hybridized carbons (Fsp3) is 0.467. The number of anilines is 2. The van der Waals surface area contributed by atoms with Crippen molar-refractivity contribution in [2.45, 2.75) is 86.5 Å². The van der Waals surface area contributed by atoms with Gasteiger partial charge in [0.25, 0.3) is 0 Å². The second-order valence-electron chi connectivity index (χ2n) is 10.0. The summed E-state index contributed by atoms with van der Waals surface area (Å²) in [7, 11) is 0. The third-order valence-corrected chi connectivity index (χ3v) is 6.01. The van der Waals surface area contributed by atoms with Gasteiger partial charge in [-0.15, -0.1) is 0 Å². The van der Waals surface area contributed by atoms with Crippen LogP contribution in [0.3, 0.4) is 0 Å². The highest BCUT2D eigenvalue weighted by Gasteiger charge is 2.20. The minimum absolute atomic E-state index is 0.145. The fourth-order valence-electron chi connectivity index (χ4n) is 4.51. The number of benzene rings is 2. The van der Waals surface area contributed by atoms with Gasteiger partial charge in [-0.1, -0.05) is 91.3 Å². The third kappa shape index (κ3) is 6.35. The van der Waals surface area contributed by atoms with Gasteiger partial charge in [-0.3, -0.25) is 0 Å². The highest BCUT2D eigenvalue weighted by molar-refractivity contribution is 5.75. The number of aryl methyl sites for hydroxylation is 2. The summed E-state index contributed by atoms with van der Waals surface area (Å²) in [5.74, 6) is 0.722. The van der Waals surface area contributed by atoms with Gasteiger partial charge in [-0.2, -0.15) is 0 Å². The fourth-order valence-corrected chi connectivity index (χ4v) is 4.51. The first-order valence-electron chi connectivity index (χ1n) is 12.0. The van der Waals surface area contributed by atoms with E-state index in [9.17, 15) is 0 Å². The molecule has 0 heterocycles. The lowest BCUT2D eigenvalue weighted by molar-refractivity contribution is 0.522. The van der Waals surface area contributed by atoms with Gasteiger partial charge in [-0.05, 0) is 78.5 Å². The molecule has 0 bridgehead atoms. The van der Waals surface area contributed by atoms with Crippen LogP contribution in [0.2, 0.25) is 0 Å². The predicted molar refractivity (Wildman–Crippen MR) is 140 cm³/mol. The van der Waals surface area contributed by atoms with E-state index in [4.69, 9.17) is 0 Å². The molecule has 1 unspecified atom stereocenters. The van der Waals surface area contributed by atoms with E-state index in [0.717, 1.165) is 24.5 Å². The van der Waals surface area contributed by atoms with E-state index in [1.165, 1.54) is 46.5 Å². The molecular formula is C30H43N. The molecule has 31 heavy (non-hydrogen) atoms. The minimum Gasteiger partial charge on any atom is -0.310 e. The van der Waals surface area contributed by atoms with Gasteiger partial charge in [0.15, 0.2) is 0 Å². The lowest BCUT2D eigenvalue weighted by Gasteiger charge is -2.31. The van der Waals surface area contributed by atoms with Crippen LogP contribution in [-0.2, 0) is 11.8 Å². The van der Waals surface area contributed by atoms with E-state index in [1.54, 1.807) is 0 Å². The van der Waals surface area contributed by atoms with E-state index < -0.39 is 0 Å². The Morgan fingerprint density at radius 2 is 1.61 bits per heavy atom. The van der Waals surface area contributed by atoms with Gasteiger partial charge >= 0.3 is 0 Å². The highest BCUT2D eigenvalue weighted by atomic mass is 15.1. The van der Waals surface area contributed by atoms with E-state index in [0.29, 0.717) is 0 Å². The molecule has 0 fully saturated rings. The SMILES string of the molecule is C=C/C(=C\CC)N(c1ccc(C(C)(C)C)cc1)c1c(C)cc(CC(C)CCC)cc1C. The Morgan fingerprint density at radius 1 is 1.03 bits per heavy atom. The van der Waals surface area contributed by atoms with Gasteiger partial charge in [0.1, 0.15) is 0 Å². The van der Waals surface area contributed by atoms with Crippen LogP contribution in [0.5, 0.6) is 0 Å². The molecule has 0 aromatic heterocycles. The van der Waals surface area contributed by atoms with Crippen molar-refractivity contribution in [1.29, 1.82) is 0 Å². The van der Waals surface area contributed by atoms with Crippen molar-refractivity contribution in [3.05, 3.63) is 83.1 Å². The summed E-state index contributed by atoms with van der Waals surface area (Å²) in [6.07, 6.45) is 8.90. The first-order valence-corrected chi connectivity index (χ1v) is 12.0. The van der Waals surface area contributed by atoms with Gasteiger partial charge in [0, 0.05) is 11.4 Å². The van der Waals surface area contributed by atoms with Crippen LogP contribution in [-0.4, -0.2) is 0 Å². The summed E-state index contributed by atoms with van der Waals surface area (Å²) in [4.78, 5) is 2.38. The Bertz CT molecular complexity index is 870. The zero-order chi connectivity index (χ0) is 23.2. The first-order chi connectivity index (χ1) is 14.6. The summed E-state index contributed by atoms with van der Waals surface area (Å²) >= 11 is 0. The minimum atomic E-state index is 0.145. The highest BCUT2D eigenvalue weighted by Crippen LogP contribution is 2.37. The Hall–Kier alpha value is -2.28. The molecule has 0 amide bonds. The number of allylic oxidation sites excluding steroid dienone is 2. The number of nitrogens with zero attached hydrogens (tertiary/aromatic N) is 1. The largest absolute Gasteiger partial charge is 0.310 e. The van der Waals surface area contributed by atoms with Crippen LogP contribution in [0.15, 0.2) is 60.8 Å². The summed E-state index contributed by atoms with van der Waals surface area (Å²) in [5.41, 5.74) is 9.19. The lowest BCUT2D eigenvalue weighted by atomic mass is 9.87. The second kappa shape index (κ2) is 10.8. The normalized spacial score (nSPS) is 13.2. The quantitative estimate of drug-likeness (QED) is 0.367. The summed E-state index contributed by atoms with van der Waals surface area (Å²) in [6, 6.07) is 13.8. The maximum absolute atomic E-state index is 4.14. The zero-order valence-electron chi connectivity index (χ0n) is 21.2. The van der Waals surface area contributed by atoms with Crippen LogP contribution in [0.1, 0.15) is 83.1 Å². The molecular weight excluding hydrogens is 374 g/mol. The van der Waals surface area contributed by atoms with Crippen molar-refractivity contribution in [2.24, 2.45) is 5.92 Å². The number of hydrogen-bond donors (Lipinski definition) is 0. The van der Waals surface area contributed by atoms with Crippen LogP contribution >= 0.6 is 0 Å². The van der Waals surface area contributed by atoms with E-state index >= 15 is 0 Å². The van der Waals surface area contributed by atoms with Crippen molar-refractivity contribution in [1.82, 2.24) is 0 Å². The van der Waals surface area contributed by atoms with Gasteiger partial charge in [-0.25, -0.2) is 0 Å². The molecule has 0 aliphatic carbocycles. The average molecular weight is 418 g/mol. The Balaban J connectivity index is 2.57. The molecule has 2 rings (SSSR count). The molecule has 0 N–H and O–H groups in total. The molecule has 0 radical (unpaired) electrons. The predicted octanol–water partition coefficient (Wildman–Crippen LogP) is 9.20. The molecule has 2 aromatic carbocycles. The van der Waals surface area contributed by atoms with E-state index in [1.807, 2.05) is 6.08 Å². The lowest BCUT2D eigenvalue weighted by Crippen LogP contribution is -2.18. The van der Waals surface area contributed by atoms with Gasteiger partial charge in [0.05, 0.1) is 5.69 Å². The molecule has 0 aliphatic rings. The van der Waals surface area contributed by atoms with Gasteiger partial charge in [0.2, 0.25) is 0 Å². The molecule has 0 saturated heterocycles. The van der Waals surface area contributed by atoms with Crippen molar-refractivity contribution >= 4 is 11.4 Å². The summed E-state index contributed by atoms with van der Waals surface area (Å²) < 4.78 is 0. The maximum atomic E-state index is 4.14. The van der Waals surface area contributed by atoms with Crippen molar-refractivity contribution < 1.29 is 0 Å². The van der Waals surface area contributed by atoms with Crippen molar-refractivity contribution in [3.8, 4) is 0 Å². The monoisotopic (exact) mass is 417 g/mol. The number of hydrogen-bond acceptors (Lipinski definition) is 1. The Morgan fingerprint density at radius 3 is 2.06 bits per heavy atom. The van der Waals surface area contributed by atoms with Crippen LogP contribution < -0.4 is 4.90 Å². The van der Waals surface area contributed by atoms with Crippen LogP contribution in [0.25, 0.3) is 0 Å². The Labute approximate surface area is 191 Å². The molecule has 1 atom stereocenters. The molecule has 1 nitrogen and oxygen atoms in total. The van der Waals surface area contributed by atoms with Crippen molar-refractivity contribution in [3.63, 3.8) is 0 Å². The first kappa shape index (κ1) is 25.0. The van der Waals surface area contributed by atoms with E-state index in [2.05, 4.69) is 109 Å². The number of rotatable bonds is 9. The summed E-state index contributed by atoms with van der Waals surface area (Å²) in [5, 5.41) is 0. The van der Waals surface area contributed by atoms with E-state index in [-0.39, 0.29) is 5.41 Å². The molecule has 1 heteroatoms. The summed E-state index contributed by atoms with van der Waals surface area (Å²) in [6.45, 7) is 22.2. The average Bonchev–Trinajstić information content (AvgIpc) is 2.69. The molecule has 0 aliphatic heterocycles. The molecule has 168 valence electrons.